The smallest absolute Gasteiger partial charge is 0.126 e. The Kier molecular flexibility index (Phi) is 4.01. The van der Waals surface area contributed by atoms with Gasteiger partial charge in [0.15, 0.2) is 0 Å². The molecule has 3 heteroatoms. The number of hydrogen-bond acceptors (Lipinski definition) is 1. The van der Waals surface area contributed by atoms with E-state index in [1.165, 1.54) is 0 Å². The lowest BCUT2D eigenvalue weighted by Crippen LogP contribution is -2.00. The molecule has 0 aromatic heterocycles. The number of halogens is 2. The number of fused-ring (bicyclic) bond motifs is 1. The van der Waals surface area contributed by atoms with E-state index in [4.69, 9.17) is 5.73 Å². The second-order valence-electron chi connectivity index (χ2n) is 3.20. The first-order valence-corrected chi connectivity index (χ1v) is 4.65. The first-order valence-electron chi connectivity index (χ1n) is 4.65. The monoisotopic (exact) mass is 199 g/mol. The molecule has 78 valence electrons. The van der Waals surface area contributed by atoms with Crippen LogP contribution in [0.15, 0.2) is 18.2 Å². The molecule has 0 radical (unpaired) electrons. The van der Waals surface area contributed by atoms with Crippen LogP contribution < -0.4 is 5.73 Å². The molecule has 0 aliphatic heterocycles. The highest BCUT2D eigenvalue weighted by Gasteiger charge is 2.22. The predicted molar refractivity (Wildman–Crippen MR) is 53.5 cm³/mol. The molecule has 0 heterocycles. The Bertz CT molecular complexity index is 299. The SMILES string of the molecule is CF.NCc1cccc2c1CCC2F. The maximum absolute atomic E-state index is 13.2. The van der Waals surface area contributed by atoms with Gasteiger partial charge in [0.1, 0.15) is 6.17 Å². The molecule has 0 saturated heterocycles. The normalized spacial score (nSPS) is 18.4. The van der Waals surface area contributed by atoms with E-state index in [2.05, 4.69) is 0 Å². The average molecular weight is 199 g/mol. The summed E-state index contributed by atoms with van der Waals surface area (Å²) in [7, 11) is 0.500. The van der Waals surface area contributed by atoms with Gasteiger partial charge in [-0.1, -0.05) is 18.2 Å². The summed E-state index contributed by atoms with van der Waals surface area (Å²) in [5.41, 5.74) is 8.66. The molecule has 0 saturated carbocycles. The number of hydrogen-bond donors (Lipinski definition) is 1. The second-order valence-corrected chi connectivity index (χ2v) is 3.20. The molecule has 0 amide bonds. The van der Waals surface area contributed by atoms with E-state index in [0.29, 0.717) is 20.1 Å². The van der Waals surface area contributed by atoms with Crippen LogP contribution in [-0.2, 0) is 13.0 Å². The molecule has 1 nitrogen and oxygen atoms in total. The molecule has 1 aromatic carbocycles. The molecule has 1 aliphatic carbocycles. The fourth-order valence-corrected chi connectivity index (χ4v) is 1.87. The zero-order valence-corrected chi connectivity index (χ0v) is 8.26. The molecule has 1 aromatic rings. The Morgan fingerprint density at radius 3 is 2.79 bits per heavy atom. The lowest BCUT2D eigenvalue weighted by molar-refractivity contribution is 0.344. The lowest BCUT2D eigenvalue weighted by atomic mass is 10.0. The minimum atomic E-state index is -0.758. The van der Waals surface area contributed by atoms with E-state index in [-0.39, 0.29) is 0 Å². The van der Waals surface area contributed by atoms with Gasteiger partial charge in [0, 0.05) is 6.54 Å². The van der Waals surface area contributed by atoms with E-state index in [1.54, 1.807) is 0 Å². The standard InChI is InChI=1S/C10H12FN.CH3F/c11-10-5-4-8-7(6-12)2-1-3-9(8)10;1-2/h1-3,10H,4-6,12H2;1H3. The highest BCUT2D eigenvalue weighted by Crippen LogP contribution is 2.35. The van der Waals surface area contributed by atoms with Gasteiger partial charge in [-0.25, -0.2) is 4.39 Å². The quantitative estimate of drug-likeness (QED) is 0.739. The minimum Gasteiger partial charge on any atom is -0.326 e. The zero-order valence-electron chi connectivity index (χ0n) is 8.26. The van der Waals surface area contributed by atoms with Crippen LogP contribution >= 0.6 is 0 Å². The number of nitrogens with two attached hydrogens (primary N) is 1. The third-order valence-electron chi connectivity index (χ3n) is 2.51. The van der Waals surface area contributed by atoms with Gasteiger partial charge in [-0.05, 0) is 29.5 Å². The molecule has 0 bridgehead atoms. The van der Waals surface area contributed by atoms with Gasteiger partial charge < -0.3 is 5.73 Å². The third kappa shape index (κ3) is 1.93. The first kappa shape index (κ1) is 11.1. The molecule has 0 fully saturated rings. The molecule has 1 atom stereocenters. The molecular formula is C11H15F2N. The third-order valence-corrected chi connectivity index (χ3v) is 2.51. The summed E-state index contributed by atoms with van der Waals surface area (Å²) < 4.78 is 22.7. The van der Waals surface area contributed by atoms with E-state index in [0.717, 1.165) is 23.1 Å². The van der Waals surface area contributed by atoms with Gasteiger partial charge in [-0.15, -0.1) is 0 Å². The number of alkyl halides is 2. The van der Waals surface area contributed by atoms with Crippen molar-refractivity contribution < 1.29 is 8.78 Å². The van der Waals surface area contributed by atoms with E-state index < -0.39 is 6.17 Å². The fourth-order valence-electron chi connectivity index (χ4n) is 1.87. The Labute approximate surface area is 82.9 Å². The fraction of sp³-hybridized carbons (Fsp3) is 0.455. The van der Waals surface area contributed by atoms with Crippen LogP contribution in [0, 0.1) is 0 Å². The Morgan fingerprint density at radius 1 is 1.43 bits per heavy atom. The van der Waals surface area contributed by atoms with Gasteiger partial charge in [0.2, 0.25) is 0 Å². The summed E-state index contributed by atoms with van der Waals surface area (Å²) in [6.07, 6.45) is 0.724. The van der Waals surface area contributed by atoms with Crippen LogP contribution in [0.5, 0.6) is 0 Å². The van der Waals surface area contributed by atoms with Crippen LogP contribution in [0.4, 0.5) is 8.78 Å². The summed E-state index contributed by atoms with van der Waals surface area (Å²) in [5, 5.41) is 0. The number of rotatable bonds is 1. The van der Waals surface area contributed by atoms with E-state index >= 15 is 0 Å². The van der Waals surface area contributed by atoms with Gasteiger partial charge >= 0.3 is 0 Å². The second kappa shape index (κ2) is 5.05. The lowest BCUT2D eigenvalue weighted by Gasteiger charge is -2.05. The predicted octanol–water partition coefficient (Wildman–Crippen LogP) is 2.69. The van der Waals surface area contributed by atoms with Crippen LogP contribution in [0.3, 0.4) is 0 Å². The Hall–Kier alpha value is -0.960. The minimum absolute atomic E-state index is 0.500. The van der Waals surface area contributed by atoms with Crippen molar-refractivity contribution in [2.75, 3.05) is 7.18 Å². The molecule has 1 unspecified atom stereocenters. The van der Waals surface area contributed by atoms with Crippen molar-refractivity contribution in [3.8, 4) is 0 Å². The molecule has 14 heavy (non-hydrogen) atoms. The largest absolute Gasteiger partial charge is 0.326 e. The summed E-state index contributed by atoms with van der Waals surface area (Å²) in [4.78, 5) is 0. The van der Waals surface area contributed by atoms with Crippen LogP contribution in [0.1, 0.15) is 29.3 Å². The van der Waals surface area contributed by atoms with Crippen molar-refractivity contribution in [2.45, 2.75) is 25.6 Å². The van der Waals surface area contributed by atoms with Gasteiger partial charge in [0.05, 0.1) is 7.18 Å². The summed E-state index contributed by atoms with van der Waals surface area (Å²) in [6.45, 7) is 0.524. The summed E-state index contributed by atoms with van der Waals surface area (Å²) in [5.74, 6) is 0. The Morgan fingerprint density at radius 2 is 2.14 bits per heavy atom. The van der Waals surface area contributed by atoms with Crippen LogP contribution in [0.25, 0.3) is 0 Å². The van der Waals surface area contributed by atoms with Gasteiger partial charge in [-0.2, -0.15) is 0 Å². The Balaban J connectivity index is 0.000000461. The molecule has 2 rings (SSSR count). The van der Waals surface area contributed by atoms with Crippen molar-refractivity contribution >= 4 is 0 Å². The van der Waals surface area contributed by atoms with Gasteiger partial charge in [0.25, 0.3) is 0 Å². The van der Waals surface area contributed by atoms with Crippen molar-refractivity contribution in [3.05, 3.63) is 34.9 Å². The maximum Gasteiger partial charge on any atom is 0.126 e. The van der Waals surface area contributed by atoms with Crippen LogP contribution in [-0.4, -0.2) is 7.18 Å². The van der Waals surface area contributed by atoms with Crippen molar-refractivity contribution in [2.24, 2.45) is 5.73 Å². The summed E-state index contributed by atoms with van der Waals surface area (Å²) in [6, 6.07) is 5.74. The summed E-state index contributed by atoms with van der Waals surface area (Å²) >= 11 is 0. The van der Waals surface area contributed by atoms with Gasteiger partial charge in [-0.3, -0.25) is 4.39 Å². The van der Waals surface area contributed by atoms with Crippen LogP contribution in [0.2, 0.25) is 0 Å². The topological polar surface area (TPSA) is 26.0 Å². The van der Waals surface area contributed by atoms with E-state index in [9.17, 15) is 8.78 Å². The average Bonchev–Trinajstić information content (AvgIpc) is 2.64. The number of benzene rings is 1. The zero-order chi connectivity index (χ0) is 10.6. The highest BCUT2D eigenvalue weighted by molar-refractivity contribution is 5.39. The highest BCUT2D eigenvalue weighted by atomic mass is 19.1. The first-order chi connectivity index (χ1) is 6.83. The molecule has 1 aliphatic rings. The van der Waals surface area contributed by atoms with Crippen molar-refractivity contribution in [3.63, 3.8) is 0 Å². The molecular weight excluding hydrogens is 184 g/mol. The maximum atomic E-state index is 13.2. The van der Waals surface area contributed by atoms with Crippen molar-refractivity contribution in [1.82, 2.24) is 0 Å². The van der Waals surface area contributed by atoms with Crippen molar-refractivity contribution in [1.29, 1.82) is 0 Å². The molecule has 2 N–H and O–H groups in total. The molecule has 0 spiro atoms. The van der Waals surface area contributed by atoms with E-state index in [1.807, 2.05) is 18.2 Å².